The highest BCUT2D eigenvalue weighted by molar-refractivity contribution is 9.10. The first-order chi connectivity index (χ1) is 7.81. The van der Waals surface area contributed by atoms with E-state index < -0.39 is 0 Å². The Morgan fingerprint density at radius 2 is 2.31 bits per heavy atom. The number of hydrogen-bond acceptors (Lipinski definition) is 1. The van der Waals surface area contributed by atoms with Gasteiger partial charge in [-0.2, -0.15) is 0 Å². The van der Waals surface area contributed by atoms with E-state index in [0.29, 0.717) is 6.04 Å². The van der Waals surface area contributed by atoms with Gasteiger partial charge in [0.15, 0.2) is 0 Å². The minimum atomic E-state index is 0.506. The Balaban J connectivity index is 2.30. The van der Waals surface area contributed by atoms with E-state index in [9.17, 15) is 0 Å². The number of halogens is 1. The third-order valence-corrected chi connectivity index (χ3v) is 4.18. The smallest absolute Gasteiger partial charge is 0.0603 e. The Morgan fingerprint density at radius 1 is 1.44 bits per heavy atom. The highest BCUT2D eigenvalue weighted by atomic mass is 79.9. The molecule has 84 valence electrons. The first-order valence-electron chi connectivity index (χ1n) is 5.77. The predicted octanol–water partition coefficient (Wildman–Crippen LogP) is 3.53. The second kappa shape index (κ2) is 3.90. The van der Waals surface area contributed by atoms with Crippen molar-refractivity contribution in [1.29, 1.82) is 0 Å². The standard InChI is InChI=1S/C13H15BrN2/c1-15-10-6-3-7-11-12(10)8-4-2-5-9(14)13(8)16-11/h2,4-5,10,15-16H,3,6-7H2,1H3. The van der Waals surface area contributed by atoms with Gasteiger partial charge in [0.25, 0.3) is 0 Å². The summed E-state index contributed by atoms with van der Waals surface area (Å²) in [5.41, 5.74) is 4.13. The summed E-state index contributed by atoms with van der Waals surface area (Å²) in [5, 5.41) is 4.79. The van der Waals surface area contributed by atoms with Gasteiger partial charge in [-0.3, -0.25) is 0 Å². The van der Waals surface area contributed by atoms with Crippen LogP contribution in [0.2, 0.25) is 0 Å². The topological polar surface area (TPSA) is 27.8 Å². The number of rotatable bonds is 1. The average Bonchev–Trinajstić information content (AvgIpc) is 2.69. The van der Waals surface area contributed by atoms with Gasteiger partial charge < -0.3 is 10.3 Å². The lowest BCUT2D eigenvalue weighted by atomic mass is 9.91. The second-order valence-electron chi connectivity index (χ2n) is 4.41. The molecule has 0 spiro atoms. The molecule has 1 aliphatic carbocycles. The first-order valence-corrected chi connectivity index (χ1v) is 6.57. The molecule has 2 nitrogen and oxygen atoms in total. The van der Waals surface area contributed by atoms with Crippen molar-refractivity contribution in [3.05, 3.63) is 33.9 Å². The summed E-state index contributed by atoms with van der Waals surface area (Å²) in [5.74, 6) is 0. The summed E-state index contributed by atoms with van der Waals surface area (Å²) >= 11 is 3.61. The zero-order valence-corrected chi connectivity index (χ0v) is 10.9. The largest absolute Gasteiger partial charge is 0.357 e. The van der Waals surface area contributed by atoms with Crippen molar-refractivity contribution < 1.29 is 0 Å². The first kappa shape index (κ1) is 10.4. The third kappa shape index (κ3) is 1.42. The fourth-order valence-electron chi connectivity index (χ4n) is 2.77. The van der Waals surface area contributed by atoms with Crippen LogP contribution < -0.4 is 5.32 Å². The van der Waals surface area contributed by atoms with Crippen molar-refractivity contribution in [3.8, 4) is 0 Å². The lowest BCUT2D eigenvalue weighted by Crippen LogP contribution is -2.20. The van der Waals surface area contributed by atoms with Crippen LogP contribution in [0.5, 0.6) is 0 Å². The van der Waals surface area contributed by atoms with E-state index in [2.05, 4.69) is 51.5 Å². The van der Waals surface area contributed by atoms with Crippen LogP contribution in [0.25, 0.3) is 10.9 Å². The van der Waals surface area contributed by atoms with Crippen molar-refractivity contribution in [1.82, 2.24) is 10.3 Å². The maximum Gasteiger partial charge on any atom is 0.0603 e. The quantitative estimate of drug-likeness (QED) is 0.821. The van der Waals surface area contributed by atoms with Crippen molar-refractivity contribution in [2.75, 3.05) is 7.05 Å². The number of aryl methyl sites for hydroxylation is 1. The zero-order valence-electron chi connectivity index (χ0n) is 9.31. The number of para-hydroxylation sites is 1. The highest BCUT2D eigenvalue weighted by Crippen LogP contribution is 2.37. The Kier molecular flexibility index (Phi) is 2.52. The number of aromatic amines is 1. The SMILES string of the molecule is CNC1CCCc2[nH]c3c(Br)cccc3c21. The number of fused-ring (bicyclic) bond motifs is 3. The Labute approximate surface area is 104 Å². The van der Waals surface area contributed by atoms with Gasteiger partial charge in [0, 0.05) is 21.6 Å². The number of nitrogens with one attached hydrogen (secondary N) is 2. The molecule has 1 heterocycles. The van der Waals surface area contributed by atoms with E-state index in [1.807, 2.05) is 0 Å². The number of H-pyrrole nitrogens is 1. The van der Waals surface area contributed by atoms with Gasteiger partial charge in [0.1, 0.15) is 0 Å². The van der Waals surface area contributed by atoms with Crippen LogP contribution in [0.1, 0.15) is 30.1 Å². The van der Waals surface area contributed by atoms with E-state index in [1.54, 1.807) is 0 Å². The molecule has 3 rings (SSSR count). The summed E-state index contributed by atoms with van der Waals surface area (Å²) < 4.78 is 1.16. The molecule has 0 saturated carbocycles. The maximum atomic E-state index is 3.61. The molecule has 0 saturated heterocycles. The molecule has 1 aromatic carbocycles. The highest BCUT2D eigenvalue weighted by Gasteiger charge is 2.23. The third-order valence-electron chi connectivity index (χ3n) is 3.52. The van der Waals surface area contributed by atoms with Crippen LogP contribution in [0.15, 0.2) is 22.7 Å². The normalized spacial score (nSPS) is 20.0. The van der Waals surface area contributed by atoms with E-state index in [1.165, 1.54) is 41.4 Å². The number of aromatic nitrogens is 1. The van der Waals surface area contributed by atoms with E-state index in [4.69, 9.17) is 0 Å². The fourth-order valence-corrected chi connectivity index (χ4v) is 3.23. The minimum absolute atomic E-state index is 0.506. The van der Waals surface area contributed by atoms with E-state index in [0.717, 1.165) is 4.47 Å². The van der Waals surface area contributed by atoms with Crippen LogP contribution in [-0.4, -0.2) is 12.0 Å². The zero-order chi connectivity index (χ0) is 11.1. The van der Waals surface area contributed by atoms with Gasteiger partial charge in [-0.05, 0) is 53.9 Å². The number of benzene rings is 1. The average molecular weight is 279 g/mol. The summed E-state index contributed by atoms with van der Waals surface area (Å²) in [6.45, 7) is 0. The molecule has 1 aromatic heterocycles. The maximum absolute atomic E-state index is 3.61. The van der Waals surface area contributed by atoms with Gasteiger partial charge in [0.2, 0.25) is 0 Å². The molecule has 1 atom stereocenters. The van der Waals surface area contributed by atoms with Crippen LogP contribution in [0, 0.1) is 0 Å². The molecule has 0 fully saturated rings. The molecule has 16 heavy (non-hydrogen) atoms. The van der Waals surface area contributed by atoms with Gasteiger partial charge in [-0.25, -0.2) is 0 Å². The lowest BCUT2D eigenvalue weighted by molar-refractivity contribution is 0.497. The van der Waals surface area contributed by atoms with Gasteiger partial charge in [0.05, 0.1) is 5.52 Å². The molecular weight excluding hydrogens is 264 g/mol. The molecule has 0 radical (unpaired) electrons. The van der Waals surface area contributed by atoms with Crippen LogP contribution in [-0.2, 0) is 6.42 Å². The van der Waals surface area contributed by atoms with E-state index >= 15 is 0 Å². The Hall–Kier alpha value is -0.800. The van der Waals surface area contributed by atoms with Crippen molar-refractivity contribution >= 4 is 26.8 Å². The van der Waals surface area contributed by atoms with Crippen molar-refractivity contribution in [2.45, 2.75) is 25.3 Å². The summed E-state index contributed by atoms with van der Waals surface area (Å²) in [4.78, 5) is 3.56. The molecule has 2 aromatic rings. The molecule has 3 heteroatoms. The molecule has 0 amide bonds. The van der Waals surface area contributed by atoms with Gasteiger partial charge in [-0.15, -0.1) is 0 Å². The monoisotopic (exact) mass is 278 g/mol. The fraction of sp³-hybridized carbons (Fsp3) is 0.385. The molecule has 1 aliphatic rings. The lowest BCUT2D eigenvalue weighted by Gasteiger charge is -2.22. The van der Waals surface area contributed by atoms with Crippen molar-refractivity contribution in [3.63, 3.8) is 0 Å². The number of hydrogen-bond donors (Lipinski definition) is 2. The van der Waals surface area contributed by atoms with Crippen molar-refractivity contribution in [2.24, 2.45) is 0 Å². The van der Waals surface area contributed by atoms with Crippen LogP contribution >= 0.6 is 15.9 Å². The van der Waals surface area contributed by atoms with Crippen LogP contribution in [0.3, 0.4) is 0 Å². The predicted molar refractivity (Wildman–Crippen MR) is 70.7 cm³/mol. The van der Waals surface area contributed by atoms with Gasteiger partial charge in [-0.1, -0.05) is 12.1 Å². The Bertz CT molecular complexity index is 530. The summed E-state index contributed by atoms with van der Waals surface area (Å²) in [7, 11) is 2.05. The molecule has 0 aliphatic heterocycles. The van der Waals surface area contributed by atoms with Crippen LogP contribution in [0.4, 0.5) is 0 Å². The Morgan fingerprint density at radius 3 is 3.12 bits per heavy atom. The van der Waals surface area contributed by atoms with E-state index in [-0.39, 0.29) is 0 Å². The summed E-state index contributed by atoms with van der Waals surface area (Å²) in [6.07, 6.45) is 3.68. The second-order valence-corrected chi connectivity index (χ2v) is 5.27. The molecule has 2 N–H and O–H groups in total. The molecule has 1 unspecified atom stereocenters. The molecular formula is C13H15BrN2. The summed E-state index contributed by atoms with van der Waals surface area (Å²) in [6, 6.07) is 6.93. The van der Waals surface area contributed by atoms with Gasteiger partial charge >= 0.3 is 0 Å². The minimum Gasteiger partial charge on any atom is -0.357 e. The molecule has 0 bridgehead atoms.